The van der Waals surface area contributed by atoms with E-state index in [-0.39, 0.29) is 5.91 Å². The number of aliphatic carboxylic acids is 1. The number of nitrogens with zero attached hydrogens (tertiary/aromatic N) is 2. The van der Waals surface area contributed by atoms with Crippen molar-refractivity contribution in [3.05, 3.63) is 12.3 Å². The van der Waals surface area contributed by atoms with Crippen molar-refractivity contribution in [2.75, 3.05) is 5.32 Å². The summed E-state index contributed by atoms with van der Waals surface area (Å²) < 4.78 is 1.56. The number of rotatable bonds is 4. The SMILES string of the molecule is CC(C(=O)O)C(C)C(=O)Nc1ccn(C)n1. The first-order valence-electron chi connectivity index (χ1n) is 4.95. The normalized spacial score (nSPS) is 14.2. The van der Waals surface area contributed by atoms with Gasteiger partial charge in [-0.1, -0.05) is 13.8 Å². The molecular weight excluding hydrogens is 210 g/mol. The van der Waals surface area contributed by atoms with Crippen molar-refractivity contribution in [1.82, 2.24) is 9.78 Å². The monoisotopic (exact) mass is 225 g/mol. The van der Waals surface area contributed by atoms with Crippen molar-refractivity contribution in [3.63, 3.8) is 0 Å². The first kappa shape index (κ1) is 12.2. The highest BCUT2D eigenvalue weighted by Crippen LogP contribution is 2.13. The van der Waals surface area contributed by atoms with Crippen molar-refractivity contribution >= 4 is 17.7 Å². The van der Waals surface area contributed by atoms with Crippen LogP contribution in [0.15, 0.2) is 12.3 Å². The second kappa shape index (κ2) is 4.78. The minimum atomic E-state index is -0.983. The van der Waals surface area contributed by atoms with Crippen LogP contribution in [-0.4, -0.2) is 26.8 Å². The van der Waals surface area contributed by atoms with Gasteiger partial charge in [0.25, 0.3) is 0 Å². The average Bonchev–Trinajstić information content (AvgIpc) is 2.61. The highest BCUT2D eigenvalue weighted by molar-refractivity contribution is 5.93. The molecule has 2 unspecified atom stereocenters. The van der Waals surface area contributed by atoms with Gasteiger partial charge in [-0.05, 0) is 0 Å². The van der Waals surface area contributed by atoms with Gasteiger partial charge in [-0.2, -0.15) is 5.10 Å². The number of hydrogen-bond acceptors (Lipinski definition) is 3. The van der Waals surface area contributed by atoms with Gasteiger partial charge in [0.15, 0.2) is 5.82 Å². The van der Waals surface area contributed by atoms with Crippen LogP contribution < -0.4 is 5.32 Å². The van der Waals surface area contributed by atoms with Crippen molar-refractivity contribution in [1.29, 1.82) is 0 Å². The third-order valence-corrected chi connectivity index (χ3v) is 2.52. The number of hydrogen-bond donors (Lipinski definition) is 2. The van der Waals surface area contributed by atoms with Gasteiger partial charge in [0.1, 0.15) is 0 Å². The zero-order valence-corrected chi connectivity index (χ0v) is 9.47. The van der Waals surface area contributed by atoms with E-state index >= 15 is 0 Å². The van der Waals surface area contributed by atoms with Gasteiger partial charge in [0.2, 0.25) is 5.91 Å². The predicted molar refractivity (Wildman–Crippen MR) is 57.8 cm³/mol. The Bertz CT molecular complexity index is 400. The van der Waals surface area contributed by atoms with Crippen molar-refractivity contribution in [2.24, 2.45) is 18.9 Å². The van der Waals surface area contributed by atoms with E-state index in [1.165, 1.54) is 6.92 Å². The molecule has 1 amide bonds. The third-order valence-electron chi connectivity index (χ3n) is 2.52. The van der Waals surface area contributed by atoms with Crippen molar-refractivity contribution in [3.8, 4) is 0 Å². The third kappa shape index (κ3) is 2.82. The van der Waals surface area contributed by atoms with Gasteiger partial charge < -0.3 is 10.4 Å². The maximum atomic E-state index is 11.6. The molecule has 1 aromatic heterocycles. The zero-order chi connectivity index (χ0) is 12.3. The summed E-state index contributed by atoms with van der Waals surface area (Å²) in [4.78, 5) is 22.3. The van der Waals surface area contributed by atoms with Gasteiger partial charge in [-0.15, -0.1) is 0 Å². The van der Waals surface area contributed by atoms with E-state index in [1.807, 2.05) is 0 Å². The molecule has 1 heterocycles. The molecule has 0 aliphatic carbocycles. The first-order chi connectivity index (χ1) is 7.41. The van der Waals surface area contributed by atoms with Crippen molar-refractivity contribution < 1.29 is 14.7 Å². The summed E-state index contributed by atoms with van der Waals surface area (Å²) in [7, 11) is 1.74. The predicted octanol–water partition coefficient (Wildman–Crippen LogP) is 0.715. The lowest BCUT2D eigenvalue weighted by Crippen LogP contribution is -2.30. The van der Waals surface area contributed by atoms with Crippen molar-refractivity contribution in [2.45, 2.75) is 13.8 Å². The summed E-state index contributed by atoms with van der Waals surface area (Å²) in [6.45, 7) is 3.09. The number of aryl methyl sites for hydroxylation is 1. The molecule has 16 heavy (non-hydrogen) atoms. The molecule has 0 aliphatic rings. The molecule has 6 heteroatoms. The Balaban J connectivity index is 2.62. The minimum Gasteiger partial charge on any atom is -0.481 e. The van der Waals surface area contributed by atoms with Crippen LogP contribution in [0.2, 0.25) is 0 Å². The first-order valence-corrected chi connectivity index (χ1v) is 4.95. The molecule has 6 nitrogen and oxygen atoms in total. The van der Waals surface area contributed by atoms with E-state index in [4.69, 9.17) is 5.11 Å². The van der Waals surface area contributed by atoms with Crippen LogP contribution in [0.5, 0.6) is 0 Å². The van der Waals surface area contributed by atoms with E-state index in [1.54, 1.807) is 30.9 Å². The zero-order valence-electron chi connectivity index (χ0n) is 9.47. The lowest BCUT2D eigenvalue weighted by Gasteiger charge is -2.14. The number of carboxylic acid groups (broad SMARTS) is 1. The number of nitrogens with one attached hydrogen (secondary N) is 1. The molecule has 1 rings (SSSR count). The number of aromatic nitrogens is 2. The topological polar surface area (TPSA) is 84.2 Å². The van der Waals surface area contributed by atoms with Gasteiger partial charge in [-0.25, -0.2) is 0 Å². The quantitative estimate of drug-likeness (QED) is 0.790. The molecule has 0 spiro atoms. The van der Waals surface area contributed by atoms with Gasteiger partial charge in [-0.3, -0.25) is 14.3 Å². The highest BCUT2D eigenvalue weighted by Gasteiger charge is 2.26. The number of carbonyl (C=O) groups excluding carboxylic acids is 1. The summed E-state index contributed by atoms with van der Waals surface area (Å²) in [5.74, 6) is -2.21. The molecule has 0 saturated carbocycles. The Morgan fingerprint density at radius 1 is 1.44 bits per heavy atom. The molecule has 2 N–H and O–H groups in total. The fraction of sp³-hybridized carbons (Fsp3) is 0.500. The van der Waals surface area contributed by atoms with Crippen LogP contribution in [0.3, 0.4) is 0 Å². The molecular formula is C10H15N3O3. The fourth-order valence-corrected chi connectivity index (χ4v) is 1.16. The molecule has 0 aromatic carbocycles. The van der Waals surface area contributed by atoms with Crippen LogP contribution in [0.1, 0.15) is 13.8 Å². The van der Waals surface area contributed by atoms with Crippen LogP contribution in [0.4, 0.5) is 5.82 Å². The van der Waals surface area contributed by atoms with Gasteiger partial charge in [0.05, 0.1) is 5.92 Å². The van der Waals surface area contributed by atoms with E-state index in [9.17, 15) is 9.59 Å². The number of anilines is 1. The molecule has 0 fully saturated rings. The molecule has 0 bridgehead atoms. The van der Waals surface area contributed by atoms with Crippen LogP contribution in [-0.2, 0) is 16.6 Å². The summed E-state index contributed by atoms with van der Waals surface area (Å²) in [5.41, 5.74) is 0. The smallest absolute Gasteiger partial charge is 0.307 e. The maximum absolute atomic E-state index is 11.6. The van der Waals surface area contributed by atoms with Gasteiger partial charge >= 0.3 is 5.97 Å². The van der Waals surface area contributed by atoms with E-state index in [0.29, 0.717) is 5.82 Å². The number of amides is 1. The summed E-state index contributed by atoms with van der Waals surface area (Å²) in [5, 5.41) is 15.3. The summed E-state index contributed by atoms with van der Waals surface area (Å²) in [6, 6.07) is 1.65. The Morgan fingerprint density at radius 3 is 2.50 bits per heavy atom. The average molecular weight is 225 g/mol. The molecule has 0 aliphatic heterocycles. The van der Waals surface area contributed by atoms with Crippen LogP contribution in [0.25, 0.3) is 0 Å². The summed E-state index contributed by atoms with van der Waals surface area (Å²) in [6.07, 6.45) is 1.70. The standard InChI is InChI=1S/C10H15N3O3/c1-6(7(2)10(15)16)9(14)11-8-4-5-13(3)12-8/h4-7H,1-3H3,(H,15,16)(H,11,12,14). The largest absolute Gasteiger partial charge is 0.481 e. The van der Waals surface area contributed by atoms with E-state index < -0.39 is 17.8 Å². The summed E-state index contributed by atoms with van der Waals surface area (Å²) >= 11 is 0. The maximum Gasteiger partial charge on any atom is 0.307 e. The Labute approximate surface area is 93.3 Å². The second-order valence-electron chi connectivity index (χ2n) is 3.78. The van der Waals surface area contributed by atoms with Crippen LogP contribution >= 0.6 is 0 Å². The second-order valence-corrected chi connectivity index (χ2v) is 3.78. The number of carbonyl (C=O) groups is 2. The molecule has 0 saturated heterocycles. The minimum absolute atomic E-state index is 0.339. The van der Waals surface area contributed by atoms with E-state index in [0.717, 1.165) is 0 Å². The molecule has 0 radical (unpaired) electrons. The molecule has 1 aromatic rings. The van der Waals surface area contributed by atoms with Gasteiger partial charge in [0, 0.05) is 25.2 Å². The fourth-order valence-electron chi connectivity index (χ4n) is 1.16. The highest BCUT2D eigenvalue weighted by atomic mass is 16.4. The Morgan fingerprint density at radius 2 is 2.06 bits per heavy atom. The Hall–Kier alpha value is -1.85. The molecule has 88 valence electrons. The van der Waals surface area contributed by atoms with E-state index in [2.05, 4.69) is 10.4 Å². The lowest BCUT2D eigenvalue weighted by molar-refractivity contribution is -0.145. The number of carboxylic acids is 1. The van der Waals surface area contributed by atoms with Crippen LogP contribution in [0, 0.1) is 11.8 Å². The Kier molecular flexibility index (Phi) is 3.65. The lowest BCUT2D eigenvalue weighted by atomic mass is 9.95. The molecule has 2 atom stereocenters.